The Kier molecular flexibility index (Phi) is 6.08. The van der Waals surface area contributed by atoms with E-state index in [9.17, 15) is 24.1 Å². The molecule has 6 heteroatoms. The lowest BCUT2D eigenvalue weighted by molar-refractivity contribution is -0.0704. The van der Waals surface area contributed by atoms with E-state index in [4.69, 9.17) is 0 Å². The van der Waals surface area contributed by atoms with E-state index in [0.29, 0.717) is 12.1 Å². The number of piperidine rings is 1. The number of halogens is 2. The molecule has 1 aromatic rings. The number of hydrogen-bond acceptors (Lipinski definition) is 4. The van der Waals surface area contributed by atoms with Crippen LogP contribution in [-0.2, 0) is 6.42 Å². The summed E-state index contributed by atoms with van der Waals surface area (Å²) in [4.78, 5) is 1.78. The Morgan fingerprint density at radius 1 is 1.22 bits per heavy atom. The van der Waals surface area contributed by atoms with E-state index < -0.39 is 23.8 Å². The average Bonchev–Trinajstić information content (AvgIpc) is 2.49. The zero-order chi connectivity index (χ0) is 17.1. The molecule has 0 bridgehead atoms. The van der Waals surface area contributed by atoms with Crippen LogP contribution in [0.4, 0.5) is 8.78 Å². The van der Waals surface area contributed by atoms with E-state index in [2.05, 4.69) is 0 Å². The summed E-state index contributed by atoms with van der Waals surface area (Å²) < 4.78 is 28.4. The number of rotatable bonds is 5. The third-order valence-corrected chi connectivity index (χ3v) is 4.59. The summed E-state index contributed by atoms with van der Waals surface area (Å²) in [5.41, 5.74) is 0.516. The number of benzene rings is 1. The summed E-state index contributed by atoms with van der Waals surface area (Å²) in [7, 11) is 0. The van der Waals surface area contributed by atoms with E-state index in [1.807, 2.05) is 13.8 Å². The van der Waals surface area contributed by atoms with E-state index in [-0.39, 0.29) is 43.5 Å². The molecule has 23 heavy (non-hydrogen) atoms. The zero-order valence-electron chi connectivity index (χ0n) is 13.5. The zero-order valence-corrected chi connectivity index (χ0v) is 13.5. The van der Waals surface area contributed by atoms with Crippen LogP contribution >= 0.6 is 0 Å². The maximum Gasteiger partial charge on any atom is 0.132 e. The molecule has 1 fully saturated rings. The van der Waals surface area contributed by atoms with Crippen LogP contribution in [-0.4, -0.2) is 58.2 Å². The predicted molar refractivity (Wildman–Crippen MR) is 83.2 cm³/mol. The minimum absolute atomic E-state index is 0.0356. The average molecular weight is 329 g/mol. The van der Waals surface area contributed by atoms with Crippen LogP contribution in [0.25, 0.3) is 0 Å². The molecule has 0 aromatic heterocycles. The molecule has 0 amide bonds. The smallest absolute Gasteiger partial charge is 0.132 e. The van der Waals surface area contributed by atoms with Crippen LogP contribution in [0.15, 0.2) is 12.1 Å². The highest BCUT2D eigenvalue weighted by atomic mass is 19.1. The summed E-state index contributed by atoms with van der Waals surface area (Å²) in [5.74, 6) is -1.13. The van der Waals surface area contributed by atoms with Gasteiger partial charge in [-0.2, -0.15) is 0 Å². The van der Waals surface area contributed by atoms with Crippen molar-refractivity contribution in [2.75, 3.05) is 19.7 Å². The van der Waals surface area contributed by atoms with Crippen molar-refractivity contribution in [1.29, 1.82) is 0 Å². The predicted octanol–water partition coefficient (Wildman–Crippen LogP) is 1.42. The van der Waals surface area contributed by atoms with Crippen molar-refractivity contribution in [2.45, 2.75) is 50.9 Å². The van der Waals surface area contributed by atoms with Gasteiger partial charge in [0.1, 0.15) is 11.6 Å². The highest BCUT2D eigenvalue weighted by molar-refractivity contribution is 5.30. The molecule has 3 atom stereocenters. The molecular weight excluding hydrogens is 304 g/mol. The molecule has 1 saturated heterocycles. The number of β-amino-alcohol motifs (C(OH)–C–C–N with tert-alkyl or cyclic N) is 1. The Morgan fingerprint density at radius 2 is 1.91 bits per heavy atom. The number of hydrogen-bond donors (Lipinski definition) is 3. The topological polar surface area (TPSA) is 63.9 Å². The summed E-state index contributed by atoms with van der Waals surface area (Å²) >= 11 is 0. The van der Waals surface area contributed by atoms with Crippen LogP contribution in [0.2, 0.25) is 0 Å². The van der Waals surface area contributed by atoms with Gasteiger partial charge < -0.3 is 15.3 Å². The Labute approximate surface area is 135 Å². The van der Waals surface area contributed by atoms with E-state index in [1.165, 1.54) is 12.1 Å². The van der Waals surface area contributed by atoms with Crippen LogP contribution in [0.1, 0.15) is 37.3 Å². The fourth-order valence-electron chi connectivity index (χ4n) is 3.11. The molecule has 1 aliphatic heterocycles. The molecule has 130 valence electrons. The van der Waals surface area contributed by atoms with E-state index >= 15 is 0 Å². The fraction of sp³-hybridized carbons (Fsp3) is 0.647. The monoisotopic (exact) mass is 329 g/mol. The van der Waals surface area contributed by atoms with E-state index in [0.717, 1.165) is 0 Å². The van der Waals surface area contributed by atoms with Gasteiger partial charge in [0.2, 0.25) is 0 Å². The lowest BCUT2D eigenvalue weighted by atomic mass is 9.95. The molecule has 0 radical (unpaired) electrons. The van der Waals surface area contributed by atoms with Crippen LogP contribution in [0, 0.1) is 11.6 Å². The molecule has 4 nitrogen and oxygen atoms in total. The Balaban J connectivity index is 2.12. The molecule has 0 spiro atoms. The molecule has 2 rings (SSSR count). The summed E-state index contributed by atoms with van der Waals surface area (Å²) in [6, 6.07) is 2.44. The largest absolute Gasteiger partial charge is 0.395 e. The van der Waals surface area contributed by atoms with Gasteiger partial charge in [-0.1, -0.05) is 19.9 Å². The summed E-state index contributed by atoms with van der Waals surface area (Å²) in [6.07, 6.45) is -1.39. The third-order valence-electron chi connectivity index (χ3n) is 4.59. The third kappa shape index (κ3) is 4.07. The molecule has 1 aliphatic rings. The second kappa shape index (κ2) is 7.66. The molecule has 1 aromatic carbocycles. The normalized spacial score (nSPS) is 26.0. The molecular formula is C17H25F2NO3. The lowest BCUT2D eigenvalue weighted by Gasteiger charge is -2.39. The molecule has 0 aliphatic carbocycles. The van der Waals surface area contributed by atoms with Gasteiger partial charge in [-0.3, -0.25) is 4.90 Å². The van der Waals surface area contributed by atoms with Gasteiger partial charge in [0.15, 0.2) is 0 Å². The van der Waals surface area contributed by atoms with Gasteiger partial charge in [-0.05, 0) is 30.4 Å². The maximum absolute atomic E-state index is 14.5. The summed E-state index contributed by atoms with van der Waals surface area (Å²) in [5, 5.41) is 28.8. The van der Waals surface area contributed by atoms with Crippen LogP contribution < -0.4 is 0 Å². The van der Waals surface area contributed by atoms with Crippen molar-refractivity contribution < 1.29 is 24.1 Å². The van der Waals surface area contributed by atoms with Gasteiger partial charge >= 0.3 is 0 Å². The Morgan fingerprint density at radius 3 is 2.52 bits per heavy atom. The quantitative estimate of drug-likeness (QED) is 0.764. The van der Waals surface area contributed by atoms with Gasteiger partial charge in [0.25, 0.3) is 0 Å². The van der Waals surface area contributed by atoms with Gasteiger partial charge in [0, 0.05) is 24.7 Å². The molecule has 1 heterocycles. The van der Waals surface area contributed by atoms with Crippen molar-refractivity contribution in [2.24, 2.45) is 0 Å². The summed E-state index contributed by atoms with van der Waals surface area (Å²) in [6.45, 7) is 4.03. The first-order chi connectivity index (χ1) is 10.8. The first kappa shape index (κ1) is 18.3. The number of aliphatic hydroxyl groups is 3. The van der Waals surface area contributed by atoms with Crippen molar-refractivity contribution in [3.05, 3.63) is 34.9 Å². The van der Waals surface area contributed by atoms with Crippen LogP contribution in [0.3, 0.4) is 0 Å². The van der Waals surface area contributed by atoms with Crippen LogP contribution in [0.5, 0.6) is 0 Å². The highest BCUT2D eigenvalue weighted by Crippen LogP contribution is 2.25. The molecule has 1 unspecified atom stereocenters. The maximum atomic E-state index is 14.5. The minimum Gasteiger partial charge on any atom is -0.395 e. The number of nitrogens with zero attached hydrogens (tertiary/aromatic N) is 1. The lowest BCUT2D eigenvalue weighted by Crippen LogP contribution is -2.54. The first-order valence-electron chi connectivity index (χ1n) is 8.03. The standard InChI is InChI=1S/C17H25F2NO3/c1-10(2)12-3-4-14(18)13(17(12)19)5-6-20-8-16(23)15(22)7-11(20)9-21/h3-4,10-11,15-16,21-23H,5-9H2,1-2H3/t11-,15?,16+/m1/s1. The second-order valence-corrected chi connectivity index (χ2v) is 6.54. The first-order valence-corrected chi connectivity index (χ1v) is 8.03. The SMILES string of the molecule is CC(C)c1ccc(F)c(CCN2C[C@H](O)C(O)C[C@@H]2CO)c1F. The van der Waals surface area contributed by atoms with Gasteiger partial charge in [-0.25, -0.2) is 8.78 Å². The number of aliphatic hydroxyl groups excluding tert-OH is 3. The van der Waals surface area contributed by atoms with E-state index in [1.54, 1.807) is 4.90 Å². The Hall–Kier alpha value is -1.08. The van der Waals surface area contributed by atoms with Gasteiger partial charge in [0.05, 0.1) is 18.8 Å². The second-order valence-electron chi connectivity index (χ2n) is 6.54. The van der Waals surface area contributed by atoms with Crippen molar-refractivity contribution in [3.8, 4) is 0 Å². The van der Waals surface area contributed by atoms with Crippen molar-refractivity contribution in [1.82, 2.24) is 4.90 Å². The fourth-order valence-corrected chi connectivity index (χ4v) is 3.11. The number of likely N-dealkylation sites (tertiary alicyclic amines) is 1. The van der Waals surface area contributed by atoms with Crippen molar-refractivity contribution >= 4 is 0 Å². The molecule has 0 saturated carbocycles. The molecule has 3 N–H and O–H groups in total. The Bertz CT molecular complexity index is 539. The minimum atomic E-state index is -0.908. The highest BCUT2D eigenvalue weighted by Gasteiger charge is 2.33. The van der Waals surface area contributed by atoms with Gasteiger partial charge in [-0.15, -0.1) is 0 Å². The van der Waals surface area contributed by atoms with Crippen molar-refractivity contribution in [3.63, 3.8) is 0 Å².